The summed E-state index contributed by atoms with van der Waals surface area (Å²) in [5.74, 6) is 0.0953. The van der Waals surface area contributed by atoms with Crippen molar-refractivity contribution in [3.8, 4) is 0 Å². The largest absolute Gasteiger partial charge is 0.459 e. The fourth-order valence-electron chi connectivity index (χ4n) is 4.60. The summed E-state index contributed by atoms with van der Waals surface area (Å²) in [6.45, 7) is 0.805. The number of anilines is 1. The van der Waals surface area contributed by atoms with Crippen LogP contribution in [0.1, 0.15) is 22.2 Å². The van der Waals surface area contributed by atoms with E-state index in [9.17, 15) is 24.6 Å². The summed E-state index contributed by atoms with van der Waals surface area (Å²) in [6.07, 6.45) is -4.44. The highest BCUT2D eigenvalue weighted by Crippen LogP contribution is 2.40. The molecule has 2 unspecified atom stereocenters. The molecular weight excluding hydrogens is 633 g/mol. The first-order chi connectivity index (χ1) is 20.8. The number of nitrogens with one attached hydrogen (secondary N) is 1. The lowest BCUT2D eigenvalue weighted by Crippen LogP contribution is -2.48. The van der Waals surface area contributed by atoms with E-state index in [1.165, 1.54) is 24.3 Å². The third-order valence-corrected chi connectivity index (χ3v) is 7.21. The molecule has 5 atom stereocenters. The summed E-state index contributed by atoms with van der Waals surface area (Å²) in [4.78, 5) is 48.7. The summed E-state index contributed by atoms with van der Waals surface area (Å²) in [6, 6.07) is 11.5. The maximum Gasteiger partial charge on any atom is 0.342 e. The number of ether oxygens (including phenoxy) is 4. The van der Waals surface area contributed by atoms with Gasteiger partial charge in [-0.1, -0.05) is 12.1 Å². The summed E-state index contributed by atoms with van der Waals surface area (Å²) in [5, 5.41) is 16.7. The molecule has 232 valence electrons. The molecule has 0 radical (unpaired) electrons. The van der Waals surface area contributed by atoms with Gasteiger partial charge < -0.3 is 29.2 Å². The number of non-ortho nitro benzene ring substituents is 1. The summed E-state index contributed by atoms with van der Waals surface area (Å²) in [7, 11) is 0. The number of benzene rings is 2. The molecule has 2 aromatic rings. The smallest absolute Gasteiger partial charge is 0.342 e. The minimum absolute atomic E-state index is 0.0249. The Morgan fingerprint density at radius 2 is 1.56 bits per heavy atom. The molecule has 2 aromatic carbocycles. The monoisotopic (exact) mass is 659 g/mol. The molecule has 0 aromatic heterocycles. The van der Waals surface area contributed by atoms with Crippen LogP contribution in [0.5, 0.6) is 0 Å². The van der Waals surface area contributed by atoms with Gasteiger partial charge in [-0.05, 0) is 24.3 Å². The highest BCUT2D eigenvalue weighted by molar-refractivity contribution is 6.18. The molecule has 17 heteroatoms. The predicted octanol–water partition coefficient (Wildman–Crippen LogP) is 4.18. The van der Waals surface area contributed by atoms with Crippen molar-refractivity contribution >= 4 is 58.2 Å². The Morgan fingerprint density at radius 3 is 2.14 bits per heavy atom. The fourth-order valence-corrected chi connectivity index (χ4v) is 5.17. The minimum Gasteiger partial charge on any atom is -0.459 e. The maximum atomic E-state index is 12.6. The number of urea groups is 1. The molecule has 0 bridgehead atoms. The van der Waals surface area contributed by atoms with Crippen LogP contribution in [0.3, 0.4) is 0 Å². The Bertz CT molecular complexity index is 1270. The maximum absolute atomic E-state index is 12.6. The van der Waals surface area contributed by atoms with Gasteiger partial charge in [0.05, 0.1) is 22.3 Å². The average Bonchev–Trinajstić information content (AvgIpc) is 3.59. The lowest BCUT2D eigenvalue weighted by molar-refractivity contribution is -0.384. The number of hydrogen-bond acceptors (Lipinski definition) is 11. The minimum atomic E-state index is -1.09. The first kappa shape index (κ1) is 32.6. The number of nitro benzene ring substituents is 1. The Balaban J connectivity index is 1.48. The highest BCUT2D eigenvalue weighted by atomic mass is 35.5. The molecule has 0 saturated carbocycles. The van der Waals surface area contributed by atoms with Crippen LogP contribution in [0.15, 0.2) is 53.8 Å². The number of esters is 1. The number of amides is 2. The first-order valence-electron chi connectivity index (χ1n) is 13.1. The van der Waals surface area contributed by atoms with Crippen molar-refractivity contribution in [1.29, 1.82) is 0 Å². The number of carbonyl (C=O) groups is 2. The van der Waals surface area contributed by atoms with Gasteiger partial charge in [-0.15, -0.1) is 39.7 Å². The van der Waals surface area contributed by atoms with Crippen molar-refractivity contribution in [2.45, 2.75) is 30.8 Å². The standard InChI is InChI=1S/C26H28Cl3N5O9/c27-9-12-32(13-10-28)18-5-3-17(4-6-18)25-42-21-20(15-40-24(35)16-1-7-19(8-2-16)34(38)39)41-23(22(21)43-25)30-26(36)33(31-37)14-11-29/h1-8,20-23,25H,9-15H2,(H,30,36)/t20-,21-,22-,23?,25?/m1/s1. The summed E-state index contributed by atoms with van der Waals surface area (Å²) >= 11 is 17.5. The van der Waals surface area contributed by atoms with Gasteiger partial charge in [0.2, 0.25) is 0 Å². The van der Waals surface area contributed by atoms with Crippen LogP contribution in [0, 0.1) is 15.0 Å². The predicted molar refractivity (Wildman–Crippen MR) is 156 cm³/mol. The number of rotatable bonds is 14. The normalized spacial score (nSPS) is 22.4. The van der Waals surface area contributed by atoms with Crippen LogP contribution in [0.25, 0.3) is 0 Å². The molecule has 2 aliphatic heterocycles. The van der Waals surface area contributed by atoms with Gasteiger partial charge in [-0.3, -0.25) is 10.1 Å². The van der Waals surface area contributed by atoms with E-state index in [4.69, 9.17) is 53.8 Å². The van der Waals surface area contributed by atoms with Gasteiger partial charge in [0.25, 0.3) is 5.69 Å². The van der Waals surface area contributed by atoms with Crippen molar-refractivity contribution < 1.29 is 33.5 Å². The molecule has 43 heavy (non-hydrogen) atoms. The van der Waals surface area contributed by atoms with Crippen molar-refractivity contribution in [3.63, 3.8) is 0 Å². The van der Waals surface area contributed by atoms with Gasteiger partial charge in [0.1, 0.15) is 24.9 Å². The second-order valence-corrected chi connectivity index (χ2v) is 10.5. The molecule has 2 fully saturated rings. The van der Waals surface area contributed by atoms with Crippen molar-refractivity contribution in [3.05, 3.63) is 74.7 Å². The van der Waals surface area contributed by atoms with E-state index in [2.05, 4.69) is 10.6 Å². The molecule has 2 saturated heterocycles. The fraction of sp³-hybridized carbons (Fsp3) is 0.462. The van der Waals surface area contributed by atoms with E-state index in [-0.39, 0.29) is 30.3 Å². The third kappa shape index (κ3) is 8.02. The van der Waals surface area contributed by atoms with Crippen molar-refractivity contribution in [2.75, 3.05) is 48.8 Å². The van der Waals surface area contributed by atoms with Crippen molar-refractivity contribution in [1.82, 2.24) is 10.3 Å². The number of fused-ring (bicyclic) bond motifs is 1. The van der Waals surface area contributed by atoms with Crippen molar-refractivity contribution in [2.24, 2.45) is 5.29 Å². The SMILES string of the molecule is O=NN(CCCl)C(=O)NC1O[C@H](COC(=O)c2ccc([N+](=O)[O-])cc2)[C@H]2OC(c3ccc(N(CCCl)CCCl)cc3)O[C@@H]12. The lowest BCUT2D eigenvalue weighted by atomic mass is 10.1. The van der Waals surface area contributed by atoms with E-state index >= 15 is 0 Å². The van der Waals surface area contributed by atoms with E-state index < -0.39 is 47.8 Å². The average molecular weight is 661 g/mol. The molecule has 2 amide bonds. The molecule has 2 aliphatic rings. The molecule has 2 heterocycles. The lowest BCUT2D eigenvalue weighted by Gasteiger charge is -2.24. The first-order valence-corrected chi connectivity index (χ1v) is 14.7. The summed E-state index contributed by atoms with van der Waals surface area (Å²) < 4.78 is 23.6. The van der Waals surface area contributed by atoms with Crippen LogP contribution in [-0.4, -0.2) is 90.4 Å². The van der Waals surface area contributed by atoms with Gasteiger partial charge >= 0.3 is 12.0 Å². The topological polar surface area (TPSA) is 162 Å². The zero-order chi connectivity index (χ0) is 30.9. The van der Waals surface area contributed by atoms with Gasteiger partial charge in [-0.25, -0.2) is 9.59 Å². The van der Waals surface area contributed by atoms with Crippen LogP contribution in [-0.2, 0) is 18.9 Å². The number of nitro groups is 1. The number of hydrogen-bond donors (Lipinski definition) is 1. The van der Waals surface area contributed by atoms with Crippen LogP contribution in [0.4, 0.5) is 16.2 Å². The quantitative estimate of drug-likeness (QED) is 0.102. The van der Waals surface area contributed by atoms with Crippen LogP contribution in [0.2, 0.25) is 0 Å². The molecule has 14 nitrogen and oxygen atoms in total. The zero-order valence-corrected chi connectivity index (χ0v) is 24.8. The van der Waals surface area contributed by atoms with Crippen LogP contribution < -0.4 is 10.2 Å². The summed E-state index contributed by atoms with van der Waals surface area (Å²) in [5.41, 5.74) is 1.51. The number of carbonyl (C=O) groups excluding carboxylic acids is 2. The third-order valence-electron chi connectivity index (χ3n) is 6.70. The molecular formula is C26H28Cl3N5O9. The Morgan fingerprint density at radius 1 is 0.930 bits per heavy atom. The van der Waals surface area contributed by atoms with E-state index in [0.717, 1.165) is 5.69 Å². The van der Waals surface area contributed by atoms with Gasteiger partial charge in [-0.2, -0.15) is 5.01 Å². The van der Waals surface area contributed by atoms with E-state index in [0.29, 0.717) is 35.4 Å². The van der Waals surface area contributed by atoms with E-state index in [1.807, 2.05) is 29.2 Å². The second kappa shape index (κ2) is 15.5. The molecule has 0 spiro atoms. The second-order valence-electron chi connectivity index (χ2n) is 9.33. The van der Waals surface area contributed by atoms with E-state index in [1.54, 1.807) is 0 Å². The van der Waals surface area contributed by atoms with Gasteiger partial charge in [0, 0.05) is 54.1 Å². The molecule has 1 N–H and O–H groups in total. The Kier molecular flexibility index (Phi) is 11.7. The van der Waals surface area contributed by atoms with Crippen LogP contribution >= 0.6 is 34.8 Å². The van der Waals surface area contributed by atoms with Gasteiger partial charge in [0.15, 0.2) is 12.5 Å². The highest BCUT2D eigenvalue weighted by Gasteiger charge is 2.54. The number of nitrogens with zero attached hydrogens (tertiary/aromatic N) is 4. The number of nitroso groups, excluding NO2 is 1. The zero-order valence-electron chi connectivity index (χ0n) is 22.6. The Hall–Kier alpha value is -3.27. The molecule has 4 rings (SSSR count). The molecule has 0 aliphatic carbocycles. The number of halogens is 3. The number of alkyl halides is 3. The Labute approximate surface area is 261 Å².